The predicted molar refractivity (Wildman–Crippen MR) is 135 cm³/mol. The third-order valence-electron chi connectivity index (χ3n) is 6.65. The second-order valence-electron chi connectivity index (χ2n) is 8.55. The molecule has 0 aliphatic heterocycles. The third kappa shape index (κ3) is 2.99. The van der Waals surface area contributed by atoms with Gasteiger partial charge in [0.25, 0.3) is 0 Å². The highest BCUT2D eigenvalue weighted by molar-refractivity contribution is 6.22. The van der Waals surface area contributed by atoms with Crippen LogP contribution < -0.4 is 10.1 Å². The van der Waals surface area contributed by atoms with Gasteiger partial charge in [-0.3, -0.25) is 0 Å². The lowest BCUT2D eigenvalue weighted by atomic mass is 10.0. The number of hydrogen-bond donors (Lipinski definition) is 0. The molecule has 0 saturated carbocycles. The molecule has 3 heterocycles. The maximum absolute atomic E-state index is 4.93. The normalized spacial score (nSPS) is 12.3. The van der Waals surface area contributed by atoms with E-state index in [0.29, 0.717) is 0 Å². The number of aromatic nitrogens is 3. The highest BCUT2D eigenvalue weighted by atomic mass is 15.1. The molecule has 0 amide bonds. The Hall–Kier alpha value is -4.18. The minimum atomic E-state index is 0.913. The zero-order chi connectivity index (χ0) is 22.5. The maximum atomic E-state index is 4.93. The van der Waals surface area contributed by atoms with E-state index in [1.54, 1.807) is 0 Å². The van der Waals surface area contributed by atoms with Crippen molar-refractivity contribution >= 4 is 38.4 Å². The van der Waals surface area contributed by atoms with Gasteiger partial charge in [0.05, 0.1) is 24.5 Å². The number of aryl methyl sites for hydroxylation is 2. The summed E-state index contributed by atoms with van der Waals surface area (Å²) in [5.74, 6) is 0.916. The molecule has 0 atom stereocenters. The number of nitrogens with zero attached hydrogens (tertiary/aromatic N) is 4. The molecule has 4 heteroatoms. The number of fused-ring (bicyclic) bond motifs is 5. The largest absolute Gasteiger partial charge is 0.343 e. The monoisotopic (exact) mass is 429 g/mol. The lowest BCUT2D eigenvalue weighted by Gasteiger charge is -2.11. The fourth-order valence-electron chi connectivity index (χ4n) is 4.96. The molecule has 0 unspecified atom stereocenters. The number of benzene rings is 3. The average molecular weight is 430 g/mol. The Kier molecular flexibility index (Phi) is 4.40. The Morgan fingerprint density at radius 2 is 1.48 bits per heavy atom. The van der Waals surface area contributed by atoms with E-state index in [1.807, 2.05) is 36.0 Å². The summed E-state index contributed by atoms with van der Waals surface area (Å²) in [6, 6.07) is 32.1. The van der Waals surface area contributed by atoms with E-state index in [2.05, 4.69) is 96.0 Å². The van der Waals surface area contributed by atoms with Crippen molar-refractivity contribution in [2.45, 2.75) is 0 Å². The van der Waals surface area contributed by atoms with E-state index >= 15 is 0 Å². The molecule has 33 heavy (non-hydrogen) atoms. The van der Waals surface area contributed by atoms with Crippen molar-refractivity contribution < 1.29 is 4.57 Å². The van der Waals surface area contributed by atoms with Gasteiger partial charge >= 0.3 is 5.82 Å². The highest BCUT2D eigenvalue weighted by Crippen LogP contribution is 2.38. The highest BCUT2D eigenvalue weighted by Gasteiger charge is 2.16. The molecule has 0 bridgehead atoms. The summed E-state index contributed by atoms with van der Waals surface area (Å²) < 4.78 is 6.54. The first kappa shape index (κ1) is 19.5. The van der Waals surface area contributed by atoms with Gasteiger partial charge in [-0.1, -0.05) is 60.7 Å². The van der Waals surface area contributed by atoms with Crippen molar-refractivity contribution in [3.8, 4) is 11.3 Å². The van der Waals surface area contributed by atoms with Crippen LogP contribution in [0.3, 0.4) is 0 Å². The molecular weight excluding hydrogens is 404 g/mol. The van der Waals surface area contributed by atoms with Gasteiger partial charge in [-0.05, 0) is 34.0 Å². The van der Waals surface area contributed by atoms with E-state index in [1.165, 1.54) is 38.1 Å². The molecule has 0 fully saturated rings. The van der Waals surface area contributed by atoms with Crippen LogP contribution >= 0.6 is 0 Å². The van der Waals surface area contributed by atoms with Crippen molar-refractivity contribution in [2.75, 3.05) is 0 Å². The number of para-hydroxylation sites is 1. The molecule has 4 nitrogen and oxygen atoms in total. The minimum Gasteiger partial charge on any atom is -0.343 e. The van der Waals surface area contributed by atoms with Gasteiger partial charge in [0.1, 0.15) is 0 Å². The first-order valence-corrected chi connectivity index (χ1v) is 11.2. The third-order valence-corrected chi connectivity index (χ3v) is 6.65. The zero-order valence-electron chi connectivity index (χ0n) is 19.0. The molecule has 0 spiro atoms. The Morgan fingerprint density at radius 1 is 0.697 bits per heavy atom. The van der Waals surface area contributed by atoms with Crippen LogP contribution in [0.1, 0.15) is 0 Å². The van der Waals surface area contributed by atoms with Crippen LogP contribution in [0.15, 0.2) is 102 Å². The predicted octanol–water partition coefficient (Wildman–Crippen LogP) is 5.55. The topological polar surface area (TPSA) is 26.1 Å². The van der Waals surface area contributed by atoms with Crippen molar-refractivity contribution in [3.63, 3.8) is 0 Å². The van der Waals surface area contributed by atoms with Crippen molar-refractivity contribution in [1.82, 2.24) is 9.13 Å². The van der Waals surface area contributed by atoms with Gasteiger partial charge in [-0.15, -0.1) is 0 Å². The number of pyridine rings is 2. The SMILES string of the molecule is Cn1c(-c2cccc3c4c5ccccc5ccc4n(C)c23)ccc/c1=N/c1cccc[n+]1C. The molecule has 6 aromatic rings. The van der Waals surface area contributed by atoms with Crippen LogP contribution in [-0.2, 0) is 21.1 Å². The average Bonchev–Trinajstić information content (AvgIpc) is 3.14. The second-order valence-corrected chi connectivity index (χ2v) is 8.55. The molecule has 0 radical (unpaired) electrons. The summed E-state index contributed by atoms with van der Waals surface area (Å²) in [6.07, 6.45) is 2.02. The first-order valence-electron chi connectivity index (χ1n) is 11.2. The van der Waals surface area contributed by atoms with Crippen LogP contribution in [0.25, 0.3) is 43.8 Å². The lowest BCUT2D eigenvalue weighted by Crippen LogP contribution is -2.29. The van der Waals surface area contributed by atoms with E-state index in [9.17, 15) is 0 Å². The zero-order valence-corrected chi connectivity index (χ0v) is 19.0. The van der Waals surface area contributed by atoms with E-state index < -0.39 is 0 Å². The summed E-state index contributed by atoms with van der Waals surface area (Å²) in [5.41, 5.74) is 5.73. The fraction of sp³-hybridized carbons (Fsp3) is 0.103. The van der Waals surface area contributed by atoms with Gasteiger partial charge < -0.3 is 9.13 Å². The fourth-order valence-corrected chi connectivity index (χ4v) is 4.96. The summed E-state index contributed by atoms with van der Waals surface area (Å²) in [5, 5.41) is 5.15. The quantitative estimate of drug-likeness (QED) is 0.323. The van der Waals surface area contributed by atoms with Gasteiger partial charge in [-0.2, -0.15) is 0 Å². The first-order chi connectivity index (χ1) is 16.1. The number of hydrogen-bond acceptors (Lipinski definition) is 1. The summed E-state index contributed by atoms with van der Waals surface area (Å²) in [4.78, 5) is 4.93. The maximum Gasteiger partial charge on any atom is 0.325 e. The molecule has 160 valence electrons. The Labute approximate surface area is 192 Å². The van der Waals surface area contributed by atoms with E-state index in [-0.39, 0.29) is 0 Å². The van der Waals surface area contributed by atoms with Crippen LogP contribution in [0.4, 0.5) is 5.82 Å². The van der Waals surface area contributed by atoms with Gasteiger partial charge in [-0.25, -0.2) is 4.57 Å². The second kappa shape index (κ2) is 7.45. The Morgan fingerprint density at radius 3 is 2.36 bits per heavy atom. The standard InChI is InChI=1S/C29H25N4/c1-31-19-7-6-15-26(31)30-27-16-9-14-24(32(27)2)22-12-8-13-23-28-21-11-5-4-10-20(21)17-18-25(28)33(3)29(22)23/h4-19H,1-3H3/q+1. The molecule has 0 aliphatic rings. The van der Waals surface area contributed by atoms with Crippen LogP contribution in [0.2, 0.25) is 0 Å². The molecule has 0 aliphatic carbocycles. The molecule has 0 saturated heterocycles. The van der Waals surface area contributed by atoms with Crippen molar-refractivity contribution in [2.24, 2.45) is 26.1 Å². The number of rotatable bonds is 2. The Balaban J connectivity index is 1.67. The molecule has 0 N–H and O–H groups in total. The summed E-state index contributed by atoms with van der Waals surface area (Å²) >= 11 is 0. The molecule has 6 rings (SSSR count). The molecule has 3 aromatic heterocycles. The van der Waals surface area contributed by atoms with E-state index in [4.69, 9.17) is 4.99 Å². The van der Waals surface area contributed by atoms with Crippen LogP contribution in [0, 0.1) is 0 Å². The minimum absolute atomic E-state index is 0.913. The van der Waals surface area contributed by atoms with Gasteiger partial charge in [0, 0.05) is 48.1 Å². The lowest BCUT2D eigenvalue weighted by molar-refractivity contribution is -0.658. The van der Waals surface area contributed by atoms with Crippen LogP contribution in [0.5, 0.6) is 0 Å². The molecular formula is C29H25N4+. The molecule has 3 aromatic carbocycles. The van der Waals surface area contributed by atoms with E-state index in [0.717, 1.165) is 17.0 Å². The Bertz CT molecular complexity index is 1750. The van der Waals surface area contributed by atoms with Crippen molar-refractivity contribution in [3.05, 3.63) is 103 Å². The summed E-state index contributed by atoms with van der Waals surface area (Å²) in [6.45, 7) is 0. The smallest absolute Gasteiger partial charge is 0.325 e. The van der Waals surface area contributed by atoms with Crippen molar-refractivity contribution in [1.29, 1.82) is 0 Å². The van der Waals surface area contributed by atoms with Crippen LogP contribution in [-0.4, -0.2) is 9.13 Å². The van der Waals surface area contributed by atoms with Gasteiger partial charge in [0.2, 0.25) is 5.49 Å². The summed E-state index contributed by atoms with van der Waals surface area (Å²) in [7, 11) is 6.28. The van der Waals surface area contributed by atoms with Gasteiger partial charge in [0.15, 0.2) is 0 Å².